The number of hydrogen-bond acceptors (Lipinski definition) is 9. The summed E-state index contributed by atoms with van der Waals surface area (Å²) in [5.41, 5.74) is 2.29. The summed E-state index contributed by atoms with van der Waals surface area (Å²) in [7, 11) is 0. The van der Waals surface area contributed by atoms with Crippen LogP contribution in [0.2, 0.25) is 0 Å². The molecule has 0 unspecified atom stereocenters. The quantitative estimate of drug-likeness (QED) is 0.172. The molecule has 0 atom stereocenters. The lowest BCUT2D eigenvalue weighted by Gasteiger charge is -2.23. The van der Waals surface area contributed by atoms with Crippen molar-refractivity contribution in [1.82, 2.24) is 44.9 Å². The Balaban J connectivity index is 1.69. The Morgan fingerprint density at radius 1 is 0.321 bits per heavy atom. The minimum absolute atomic E-state index is 0.335. The molecule has 6 rings (SSSR count). The molecular formula is C43H48FN9. The third kappa shape index (κ3) is 8.48. The third-order valence-corrected chi connectivity index (χ3v) is 8.43. The Hall–Kier alpha value is -5.38. The first-order valence-corrected chi connectivity index (χ1v) is 17.9. The average Bonchev–Trinajstić information content (AvgIpc) is 3.10. The van der Waals surface area contributed by atoms with E-state index < -0.39 is 0 Å². The molecule has 0 radical (unpaired) electrons. The summed E-state index contributed by atoms with van der Waals surface area (Å²) in [6.45, 7) is 25.2. The van der Waals surface area contributed by atoms with Gasteiger partial charge in [0.05, 0.1) is 0 Å². The predicted octanol–water partition coefficient (Wildman–Crippen LogP) is 9.91. The van der Waals surface area contributed by atoms with Crippen molar-refractivity contribution in [2.75, 3.05) is 0 Å². The van der Waals surface area contributed by atoms with Gasteiger partial charge in [0.2, 0.25) is 0 Å². The van der Waals surface area contributed by atoms with E-state index in [1.165, 1.54) is 12.1 Å². The fourth-order valence-electron chi connectivity index (χ4n) is 5.32. The SMILES string of the molecule is CC(C)(C)c1nc(-c2cc(-c3nc(-c4ccccc4)nc(-c4ccc(F)cc4)n3)cc(-c3nc(C(C)(C)C)nc(C(C)(C)C)n3)c2)nc(C(C)(C)C)n1. The molecule has 3 aromatic heterocycles. The van der Waals surface area contributed by atoms with Gasteiger partial charge < -0.3 is 0 Å². The number of nitrogens with zero attached hydrogens (tertiary/aromatic N) is 9. The molecular weight excluding hydrogens is 662 g/mol. The van der Waals surface area contributed by atoms with Crippen molar-refractivity contribution < 1.29 is 4.39 Å². The molecule has 0 amide bonds. The molecule has 0 aliphatic heterocycles. The first kappa shape index (κ1) is 37.4. The van der Waals surface area contributed by atoms with Crippen molar-refractivity contribution >= 4 is 0 Å². The van der Waals surface area contributed by atoms with Crippen LogP contribution in [0.25, 0.3) is 56.9 Å². The van der Waals surface area contributed by atoms with E-state index in [9.17, 15) is 4.39 Å². The van der Waals surface area contributed by atoms with Crippen LogP contribution in [0.3, 0.4) is 0 Å². The number of halogens is 1. The van der Waals surface area contributed by atoms with Gasteiger partial charge in [-0.1, -0.05) is 113 Å². The Morgan fingerprint density at radius 2 is 0.604 bits per heavy atom. The third-order valence-electron chi connectivity index (χ3n) is 8.43. The molecule has 9 nitrogen and oxygen atoms in total. The van der Waals surface area contributed by atoms with Crippen LogP contribution in [-0.4, -0.2) is 44.9 Å². The molecule has 0 spiro atoms. The average molecular weight is 710 g/mol. The molecule has 0 fully saturated rings. The minimum Gasteiger partial charge on any atom is -0.217 e. The van der Waals surface area contributed by atoms with Gasteiger partial charge in [-0.25, -0.2) is 49.2 Å². The van der Waals surface area contributed by atoms with Gasteiger partial charge in [0.25, 0.3) is 0 Å². The van der Waals surface area contributed by atoms with E-state index in [1.807, 2.05) is 48.5 Å². The van der Waals surface area contributed by atoms with E-state index in [0.29, 0.717) is 63.5 Å². The largest absolute Gasteiger partial charge is 0.217 e. The van der Waals surface area contributed by atoms with Crippen molar-refractivity contribution in [3.63, 3.8) is 0 Å². The van der Waals surface area contributed by atoms with Gasteiger partial charge in [0.1, 0.15) is 29.1 Å². The molecule has 3 aromatic carbocycles. The smallest absolute Gasteiger partial charge is 0.164 e. The second-order valence-corrected chi connectivity index (χ2v) is 17.6. The zero-order chi connectivity index (χ0) is 38.5. The van der Waals surface area contributed by atoms with Crippen molar-refractivity contribution in [1.29, 1.82) is 0 Å². The highest BCUT2D eigenvalue weighted by atomic mass is 19.1. The van der Waals surface area contributed by atoms with Gasteiger partial charge >= 0.3 is 0 Å². The molecule has 0 aliphatic rings. The van der Waals surface area contributed by atoms with Crippen molar-refractivity contribution in [2.24, 2.45) is 0 Å². The Labute approximate surface area is 312 Å². The van der Waals surface area contributed by atoms with Crippen LogP contribution >= 0.6 is 0 Å². The Bertz CT molecular complexity index is 2120. The van der Waals surface area contributed by atoms with E-state index >= 15 is 0 Å². The van der Waals surface area contributed by atoms with E-state index in [-0.39, 0.29) is 27.5 Å². The highest BCUT2D eigenvalue weighted by Crippen LogP contribution is 2.35. The standard InChI is InChI=1S/C43H48FN9/c1-40(2,3)36-48-34(49-37(52-36)41(4,5)6)28-22-27(23-29(24-28)35-50-38(42(7,8)9)53-39(51-35)43(10,11)12)33-46-31(25-16-14-13-15-17-25)45-32(47-33)26-18-20-30(44)21-19-26/h13-24H,1-12H3. The summed E-state index contributed by atoms with van der Waals surface area (Å²) >= 11 is 0. The maximum Gasteiger partial charge on any atom is 0.164 e. The first-order chi connectivity index (χ1) is 24.6. The predicted molar refractivity (Wildman–Crippen MR) is 209 cm³/mol. The van der Waals surface area contributed by atoms with Gasteiger partial charge in [0, 0.05) is 49.5 Å². The number of hydrogen-bond donors (Lipinski definition) is 0. The van der Waals surface area contributed by atoms with Crippen molar-refractivity contribution in [3.8, 4) is 56.9 Å². The molecule has 0 aliphatic carbocycles. The highest BCUT2D eigenvalue weighted by Gasteiger charge is 2.28. The molecule has 53 heavy (non-hydrogen) atoms. The van der Waals surface area contributed by atoms with E-state index in [0.717, 1.165) is 16.7 Å². The molecule has 6 aromatic rings. The van der Waals surface area contributed by atoms with Crippen LogP contribution in [0.15, 0.2) is 72.8 Å². The maximum atomic E-state index is 14.0. The van der Waals surface area contributed by atoms with Crippen LogP contribution in [0.5, 0.6) is 0 Å². The lowest BCUT2D eigenvalue weighted by Crippen LogP contribution is -2.24. The normalized spacial score (nSPS) is 12.6. The van der Waals surface area contributed by atoms with Crippen LogP contribution in [0.4, 0.5) is 4.39 Å². The van der Waals surface area contributed by atoms with Gasteiger partial charge in [-0.05, 0) is 42.5 Å². The van der Waals surface area contributed by atoms with E-state index in [4.69, 9.17) is 44.9 Å². The second-order valence-electron chi connectivity index (χ2n) is 17.6. The van der Waals surface area contributed by atoms with Gasteiger partial charge in [0.15, 0.2) is 29.1 Å². The van der Waals surface area contributed by atoms with Gasteiger partial charge in [-0.2, -0.15) is 0 Å². The summed E-state index contributed by atoms with van der Waals surface area (Å²) < 4.78 is 14.0. The highest BCUT2D eigenvalue weighted by molar-refractivity contribution is 5.76. The van der Waals surface area contributed by atoms with Gasteiger partial charge in [-0.15, -0.1) is 0 Å². The fraction of sp³-hybridized carbons (Fsp3) is 0.372. The molecule has 3 heterocycles. The lowest BCUT2D eigenvalue weighted by molar-refractivity contribution is 0.497. The number of benzene rings is 3. The molecule has 0 bridgehead atoms. The van der Waals surface area contributed by atoms with E-state index in [1.54, 1.807) is 12.1 Å². The topological polar surface area (TPSA) is 116 Å². The van der Waals surface area contributed by atoms with Crippen LogP contribution < -0.4 is 0 Å². The lowest BCUT2D eigenvalue weighted by atomic mass is 9.92. The van der Waals surface area contributed by atoms with Crippen molar-refractivity contribution in [3.05, 3.63) is 102 Å². The summed E-state index contributed by atoms with van der Waals surface area (Å²) in [5.74, 6) is 4.78. The molecule has 10 heteroatoms. The van der Waals surface area contributed by atoms with Crippen molar-refractivity contribution in [2.45, 2.75) is 105 Å². The zero-order valence-electron chi connectivity index (χ0n) is 32.8. The number of rotatable bonds is 5. The molecule has 0 N–H and O–H groups in total. The summed E-state index contributed by atoms with van der Waals surface area (Å²) in [6.07, 6.45) is 0. The van der Waals surface area contributed by atoms with Crippen LogP contribution in [0.1, 0.15) is 106 Å². The Morgan fingerprint density at radius 3 is 0.925 bits per heavy atom. The summed E-state index contributed by atoms with van der Waals surface area (Å²) in [4.78, 5) is 44.8. The Kier molecular flexibility index (Phi) is 9.56. The van der Waals surface area contributed by atoms with E-state index in [2.05, 4.69) is 83.1 Å². The monoisotopic (exact) mass is 709 g/mol. The molecule has 0 saturated carbocycles. The summed E-state index contributed by atoms with van der Waals surface area (Å²) in [5, 5.41) is 0. The van der Waals surface area contributed by atoms with Gasteiger partial charge in [-0.3, -0.25) is 0 Å². The maximum absolute atomic E-state index is 14.0. The minimum atomic E-state index is -0.341. The molecule has 0 saturated heterocycles. The fourth-order valence-corrected chi connectivity index (χ4v) is 5.32. The first-order valence-electron chi connectivity index (χ1n) is 17.9. The van der Waals surface area contributed by atoms with Crippen LogP contribution in [-0.2, 0) is 21.7 Å². The second kappa shape index (κ2) is 13.5. The number of aromatic nitrogens is 9. The van der Waals surface area contributed by atoms with Crippen LogP contribution in [0, 0.1) is 5.82 Å². The molecule has 272 valence electrons. The zero-order valence-corrected chi connectivity index (χ0v) is 32.8. The summed E-state index contributed by atoms with van der Waals surface area (Å²) in [6, 6.07) is 21.9.